The van der Waals surface area contributed by atoms with Crippen LogP contribution in [0.1, 0.15) is 26.7 Å². The number of carbonyl (C=O) groups is 2. The molecular formula is C12H21NO4S. The molecule has 0 aromatic carbocycles. The van der Waals surface area contributed by atoms with Crippen molar-refractivity contribution in [1.82, 2.24) is 5.32 Å². The maximum atomic E-state index is 11.5. The van der Waals surface area contributed by atoms with Crippen LogP contribution in [0.25, 0.3) is 0 Å². The van der Waals surface area contributed by atoms with Crippen molar-refractivity contribution in [2.45, 2.75) is 38.8 Å². The molecule has 0 saturated carbocycles. The highest BCUT2D eigenvalue weighted by atomic mass is 32.1. The number of rotatable bonds is 8. The van der Waals surface area contributed by atoms with Gasteiger partial charge >= 0.3 is 5.97 Å². The Balaban J connectivity index is 4.20. The van der Waals surface area contributed by atoms with Crippen LogP contribution in [0.2, 0.25) is 0 Å². The van der Waals surface area contributed by atoms with Crippen molar-refractivity contribution in [2.75, 3.05) is 5.75 Å². The first-order chi connectivity index (χ1) is 8.38. The summed E-state index contributed by atoms with van der Waals surface area (Å²) in [6, 6.07) is -0.925. The minimum absolute atomic E-state index is 0.139. The quantitative estimate of drug-likeness (QED) is 0.390. The first-order valence-electron chi connectivity index (χ1n) is 5.86. The maximum Gasteiger partial charge on any atom is 0.326 e. The molecule has 2 atom stereocenters. The van der Waals surface area contributed by atoms with Crippen molar-refractivity contribution in [2.24, 2.45) is 5.92 Å². The van der Waals surface area contributed by atoms with Crippen LogP contribution >= 0.6 is 12.6 Å². The molecule has 0 saturated heterocycles. The van der Waals surface area contributed by atoms with Crippen LogP contribution < -0.4 is 5.32 Å². The Morgan fingerprint density at radius 1 is 1.39 bits per heavy atom. The van der Waals surface area contributed by atoms with Crippen LogP contribution in [0.15, 0.2) is 12.2 Å². The van der Waals surface area contributed by atoms with Crippen LogP contribution in [-0.4, -0.2) is 40.0 Å². The summed E-state index contributed by atoms with van der Waals surface area (Å²) in [6.07, 6.45) is 2.93. The third-order valence-electron chi connectivity index (χ3n) is 2.30. The Labute approximate surface area is 113 Å². The lowest BCUT2D eigenvalue weighted by molar-refractivity contribution is -0.143. The number of carboxylic acids is 1. The van der Waals surface area contributed by atoms with Gasteiger partial charge in [0.1, 0.15) is 6.04 Å². The molecule has 0 bridgehead atoms. The van der Waals surface area contributed by atoms with E-state index in [1.165, 1.54) is 6.08 Å². The minimum atomic E-state index is -1.07. The van der Waals surface area contributed by atoms with Gasteiger partial charge in [-0.3, -0.25) is 4.79 Å². The first kappa shape index (κ1) is 17.0. The maximum absolute atomic E-state index is 11.5. The van der Waals surface area contributed by atoms with Gasteiger partial charge in [-0.1, -0.05) is 26.0 Å². The zero-order valence-electron chi connectivity index (χ0n) is 10.7. The van der Waals surface area contributed by atoms with Crippen LogP contribution in [0.3, 0.4) is 0 Å². The number of thiol groups is 1. The summed E-state index contributed by atoms with van der Waals surface area (Å²) in [5.41, 5.74) is 0. The van der Waals surface area contributed by atoms with Gasteiger partial charge in [-0.2, -0.15) is 12.6 Å². The van der Waals surface area contributed by atoms with Gasteiger partial charge in [0.25, 0.3) is 0 Å². The van der Waals surface area contributed by atoms with E-state index in [4.69, 9.17) is 5.11 Å². The number of carbonyl (C=O) groups excluding carboxylic acids is 1. The lowest BCUT2D eigenvalue weighted by Crippen LogP contribution is -2.45. The predicted molar refractivity (Wildman–Crippen MR) is 72.6 cm³/mol. The molecule has 0 spiro atoms. The van der Waals surface area contributed by atoms with Crippen molar-refractivity contribution in [3.05, 3.63) is 12.2 Å². The highest BCUT2D eigenvalue weighted by Crippen LogP contribution is 2.03. The highest BCUT2D eigenvalue weighted by molar-refractivity contribution is 7.80. The molecule has 5 nitrogen and oxygen atoms in total. The van der Waals surface area contributed by atoms with Crippen molar-refractivity contribution in [1.29, 1.82) is 0 Å². The van der Waals surface area contributed by atoms with E-state index in [1.807, 2.05) is 0 Å². The Kier molecular flexibility index (Phi) is 8.49. The van der Waals surface area contributed by atoms with Crippen LogP contribution in [0.5, 0.6) is 0 Å². The average molecular weight is 275 g/mol. The summed E-state index contributed by atoms with van der Waals surface area (Å²) < 4.78 is 0. The lowest BCUT2D eigenvalue weighted by atomic mass is 10.0. The molecule has 104 valence electrons. The Morgan fingerprint density at radius 3 is 2.44 bits per heavy atom. The fourth-order valence-electron chi connectivity index (χ4n) is 1.33. The number of aliphatic hydroxyl groups is 1. The molecule has 1 unspecified atom stereocenters. The van der Waals surface area contributed by atoms with Gasteiger partial charge in [-0.25, -0.2) is 4.79 Å². The summed E-state index contributed by atoms with van der Waals surface area (Å²) >= 11 is 4.01. The first-order valence-corrected chi connectivity index (χ1v) is 6.49. The molecule has 0 fully saturated rings. The molecule has 3 N–H and O–H groups in total. The van der Waals surface area contributed by atoms with Gasteiger partial charge < -0.3 is 15.5 Å². The van der Waals surface area contributed by atoms with E-state index < -0.39 is 24.0 Å². The zero-order valence-corrected chi connectivity index (χ0v) is 11.6. The van der Waals surface area contributed by atoms with Crippen LogP contribution in [0, 0.1) is 5.92 Å². The number of amides is 1. The topological polar surface area (TPSA) is 86.6 Å². The fraction of sp³-hybridized carbons (Fsp3) is 0.667. The molecule has 0 rings (SSSR count). The van der Waals surface area contributed by atoms with Gasteiger partial charge in [0, 0.05) is 0 Å². The molecule has 18 heavy (non-hydrogen) atoms. The van der Waals surface area contributed by atoms with Crippen molar-refractivity contribution in [3.63, 3.8) is 0 Å². The number of hydrogen-bond donors (Lipinski definition) is 4. The van der Waals surface area contributed by atoms with Crippen LogP contribution in [0.4, 0.5) is 0 Å². The molecule has 0 aliphatic carbocycles. The monoisotopic (exact) mass is 275 g/mol. The molecule has 6 heteroatoms. The van der Waals surface area contributed by atoms with E-state index in [0.717, 1.165) is 0 Å². The number of nitrogens with one attached hydrogen (secondary N) is 1. The normalized spacial score (nSPS) is 14.7. The average Bonchev–Trinajstić information content (AvgIpc) is 2.25. The number of hydrogen-bond acceptors (Lipinski definition) is 4. The van der Waals surface area contributed by atoms with E-state index in [0.29, 0.717) is 12.2 Å². The number of allylic oxidation sites excluding steroid dienone is 1. The van der Waals surface area contributed by atoms with Gasteiger partial charge in [0.05, 0.1) is 12.5 Å². The summed E-state index contributed by atoms with van der Waals surface area (Å²) in [4.78, 5) is 22.4. The van der Waals surface area contributed by atoms with E-state index >= 15 is 0 Å². The zero-order chi connectivity index (χ0) is 14.1. The second-order valence-electron chi connectivity index (χ2n) is 4.34. The number of aliphatic hydroxyl groups excluding tert-OH is 1. The third kappa shape index (κ3) is 7.34. The summed E-state index contributed by atoms with van der Waals surface area (Å²) in [5, 5.41) is 20.8. The van der Waals surface area contributed by atoms with Crippen molar-refractivity contribution < 1.29 is 19.8 Å². The smallest absolute Gasteiger partial charge is 0.326 e. The second kappa shape index (κ2) is 8.99. The third-order valence-corrected chi connectivity index (χ3v) is 2.56. The van der Waals surface area contributed by atoms with Crippen molar-refractivity contribution >= 4 is 24.5 Å². The Hall–Kier alpha value is -1.01. The van der Waals surface area contributed by atoms with E-state index in [-0.39, 0.29) is 12.3 Å². The van der Waals surface area contributed by atoms with E-state index in [2.05, 4.69) is 17.9 Å². The van der Waals surface area contributed by atoms with Gasteiger partial charge in [-0.05, 0) is 18.1 Å². The minimum Gasteiger partial charge on any atom is -0.480 e. The SMILES string of the molecule is CC(C)[C@H](NC(=O)CC(O)/C=C/CCS)C(=O)O. The molecule has 0 aromatic rings. The van der Waals surface area contributed by atoms with Crippen LogP contribution in [-0.2, 0) is 9.59 Å². The molecule has 0 heterocycles. The molecule has 0 aliphatic rings. The van der Waals surface area contributed by atoms with Gasteiger partial charge in [0.2, 0.25) is 5.91 Å². The standard InChI is InChI=1S/C12H21NO4S/c1-8(2)11(12(16)17)13-10(15)7-9(14)5-3-4-6-18/h3,5,8-9,11,14,18H,4,6-7H2,1-2H3,(H,13,15)(H,16,17)/b5-3+/t9?,11-/m0/s1. The molecule has 0 aliphatic heterocycles. The molecule has 1 amide bonds. The van der Waals surface area contributed by atoms with E-state index in [1.54, 1.807) is 19.9 Å². The molecule has 0 radical (unpaired) electrons. The fourth-order valence-corrected chi connectivity index (χ4v) is 1.48. The Morgan fingerprint density at radius 2 is 2.00 bits per heavy atom. The highest BCUT2D eigenvalue weighted by Gasteiger charge is 2.23. The van der Waals surface area contributed by atoms with Gasteiger partial charge in [0.15, 0.2) is 0 Å². The summed E-state index contributed by atoms with van der Waals surface area (Å²) in [6.45, 7) is 3.42. The second-order valence-corrected chi connectivity index (χ2v) is 4.79. The van der Waals surface area contributed by atoms with Crippen molar-refractivity contribution in [3.8, 4) is 0 Å². The Bertz CT molecular complexity index is 304. The lowest BCUT2D eigenvalue weighted by Gasteiger charge is -2.18. The van der Waals surface area contributed by atoms with E-state index in [9.17, 15) is 14.7 Å². The van der Waals surface area contributed by atoms with Gasteiger partial charge in [-0.15, -0.1) is 0 Å². The largest absolute Gasteiger partial charge is 0.480 e. The predicted octanol–water partition coefficient (Wildman–Crippen LogP) is 0.839. The summed E-state index contributed by atoms with van der Waals surface area (Å²) in [5.74, 6) is -1.08. The number of aliphatic carboxylic acids is 1. The summed E-state index contributed by atoms with van der Waals surface area (Å²) in [7, 11) is 0. The molecular weight excluding hydrogens is 254 g/mol. The number of carboxylic acid groups (broad SMARTS) is 1. The molecule has 0 aromatic heterocycles.